The molecule has 39 heavy (non-hydrogen) atoms. The van der Waals surface area contributed by atoms with E-state index in [4.69, 9.17) is 21.1 Å². The molecule has 1 aromatic carbocycles. The van der Waals surface area contributed by atoms with E-state index in [1.165, 1.54) is 17.0 Å². The zero-order valence-corrected chi connectivity index (χ0v) is 22.6. The lowest BCUT2D eigenvalue weighted by atomic mass is 9.89. The van der Waals surface area contributed by atoms with E-state index >= 15 is 0 Å². The van der Waals surface area contributed by atoms with Gasteiger partial charge in [-0.05, 0) is 49.9 Å². The second-order valence-electron chi connectivity index (χ2n) is 9.74. The van der Waals surface area contributed by atoms with E-state index in [9.17, 15) is 23.2 Å². The number of rotatable bonds is 11. The summed E-state index contributed by atoms with van der Waals surface area (Å²) in [6, 6.07) is 7.41. The number of amides is 3. The van der Waals surface area contributed by atoms with Crippen molar-refractivity contribution in [2.75, 3.05) is 36.5 Å². The monoisotopic (exact) mass is 582 g/mol. The standard InChI is InChI=1S/C26H29ClF2N4O5S/c27-22-9-8-21(39-22)25(36)30-13-19(33(17-5-6-17)16-2-1-3-16)24(35)31-15-4-7-18(20(12-15)38-26(28)29)32-10-11-37-14-23(32)34/h4,7-9,12,16-17,19,26H,1-3,5-6,10-11,13-14H2,(H,30,36)(H,31,35)/t19-/m0/s1. The van der Waals surface area contributed by atoms with E-state index in [0.29, 0.717) is 9.21 Å². The van der Waals surface area contributed by atoms with Crippen molar-refractivity contribution in [3.8, 4) is 5.75 Å². The van der Waals surface area contributed by atoms with Gasteiger partial charge < -0.3 is 25.0 Å². The van der Waals surface area contributed by atoms with Gasteiger partial charge in [-0.3, -0.25) is 19.3 Å². The lowest BCUT2D eigenvalue weighted by Crippen LogP contribution is -2.57. The van der Waals surface area contributed by atoms with Crippen LogP contribution in [0.25, 0.3) is 0 Å². The molecule has 2 N–H and O–H groups in total. The number of anilines is 2. The highest BCUT2D eigenvalue weighted by molar-refractivity contribution is 7.18. The quantitative estimate of drug-likeness (QED) is 0.413. The number of hydrogen-bond donors (Lipinski definition) is 2. The van der Waals surface area contributed by atoms with E-state index in [1.54, 1.807) is 18.2 Å². The molecule has 2 saturated carbocycles. The van der Waals surface area contributed by atoms with Crippen LogP contribution in [0.3, 0.4) is 0 Å². The first-order chi connectivity index (χ1) is 18.8. The molecular formula is C26H29ClF2N4O5S. The van der Waals surface area contributed by atoms with Crippen LogP contribution in [0, 0.1) is 0 Å². The van der Waals surface area contributed by atoms with Gasteiger partial charge in [0, 0.05) is 36.9 Å². The van der Waals surface area contributed by atoms with E-state index < -0.39 is 12.7 Å². The second-order valence-corrected chi connectivity index (χ2v) is 11.5. The van der Waals surface area contributed by atoms with Crippen LogP contribution in [0.1, 0.15) is 41.8 Å². The second kappa shape index (κ2) is 12.2. The third kappa shape index (κ3) is 6.68. The number of carbonyl (C=O) groups is 3. The first-order valence-electron chi connectivity index (χ1n) is 12.9. The van der Waals surface area contributed by atoms with Crippen LogP contribution in [0.2, 0.25) is 4.34 Å². The van der Waals surface area contributed by atoms with Crippen LogP contribution in [-0.4, -0.2) is 73.7 Å². The van der Waals surface area contributed by atoms with Crippen LogP contribution >= 0.6 is 22.9 Å². The largest absolute Gasteiger partial charge is 0.433 e. The molecule has 1 saturated heterocycles. The molecule has 0 radical (unpaired) electrons. The van der Waals surface area contributed by atoms with Crippen molar-refractivity contribution in [1.82, 2.24) is 10.2 Å². The van der Waals surface area contributed by atoms with Gasteiger partial charge in [0.25, 0.3) is 11.8 Å². The number of ether oxygens (including phenoxy) is 2. The van der Waals surface area contributed by atoms with Crippen LogP contribution in [0.15, 0.2) is 30.3 Å². The minimum atomic E-state index is -3.12. The summed E-state index contributed by atoms with van der Waals surface area (Å²) in [4.78, 5) is 42.7. The van der Waals surface area contributed by atoms with E-state index in [0.717, 1.165) is 43.4 Å². The average molecular weight is 583 g/mol. The Bertz CT molecular complexity index is 1220. The van der Waals surface area contributed by atoms with Gasteiger partial charge in [-0.2, -0.15) is 8.78 Å². The summed E-state index contributed by atoms with van der Waals surface area (Å²) in [7, 11) is 0. The number of nitrogens with one attached hydrogen (secondary N) is 2. The van der Waals surface area contributed by atoms with Gasteiger partial charge in [0.05, 0.1) is 21.5 Å². The van der Waals surface area contributed by atoms with Crippen molar-refractivity contribution in [3.63, 3.8) is 0 Å². The number of hydrogen-bond acceptors (Lipinski definition) is 7. The number of thiophene rings is 1. The van der Waals surface area contributed by atoms with Crippen molar-refractivity contribution in [2.24, 2.45) is 0 Å². The van der Waals surface area contributed by atoms with Gasteiger partial charge >= 0.3 is 6.61 Å². The van der Waals surface area contributed by atoms with Crippen molar-refractivity contribution in [2.45, 2.75) is 56.8 Å². The number of halogens is 3. The summed E-state index contributed by atoms with van der Waals surface area (Å²) in [6.07, 6.45) is 4.98. The maximum atomic E-state index is 13.7. The van der Waals surface area contributed by atoms with Gasteiger partial charge in [-0.1, -0.05) is 18.0 Å². The number of morpholine rings is 1. The maximum absolute atomic E-state index is 13.7. The Morgan fingerprint density at radius 2 is 1.95 bits per heavy atom. The summed E-state index contributed by atoms with van der Waals surface area (Å²) >= 11 is 7.13. The molecule has 2 heterocycles. The molecule has 2 aromatic rings. The molecule has 0 bridgehead atoms. The molecule has 3 fully saturated rings. The Hall–Kier alpha value is -2.80. The third-order valence-corrected chi connectivity index (χ3v) is 8.33. The molecule has 13 heteroatoms. The Morgan fingerprint density at radius 3 is 2.56 bits per heavy atom. The molecule has 9 nitrogen and oxygen atoms in total. The normalized spacial score (nSPS) is 18.7. The zero-order chi connectivity index (χ0) is 27.5. The highest BCUT2D eigenvalue weighted by Gasteiger charge is 2.43. The third-order valence-electron chi connectivity index (χ3n) is 7.10. The van der Waals surface area contributed by atoms with Crippen molar-refractivity contribution >= 4 is 52.0 Å². The zero-order valence-electron chi connectivity index (χ0n) is 21.0. The Kier molecular flexibility index (Phi) is 8.65. The summed E-state index contributed by atoms with van der Waals surface area (Å²) in [5.74, 6) is -1.28. The molecule has 1 aliphatic heterocycles. The SMILES string of the molecule is O=C(NC[C@@H](C(=O)Nc1ccc(N2CCOCC2=O)c(OC(F)F)c1)N(C1CCC1)C1CC1)c1ccc(Cl)s1. The number of benzene rings is 1. The maximum Gasteiger partial charge on any atom is 0.387 e. The molecule has 0 unspecified atom stereocenters. The van der Waals surface area contributed by atoms with Crippen molar-refractivity contribution < 1.29 is 32.6 Å². The molecule has 1 aromatic heterocycles. The van der Waals surface area contributed by atoms with E-state index in [-0.39, 0.29) is 73.2 Å². The van der Waals surface area contributed by atoms with Gasteiger partial charge in [0.1, 0.15) is 12.6 Å². The summed E-state index contributed by atoms with van der Waals surface area (Å²) in [5, 5.41) is 5.70. The smallest absolute Gasteiger partial charge is 0.387 e. The van der Waals surface area contributed by atoms with E-state index in [2.05, 4.69) is 15.5 Å². The predicted octanol–water partition coefficient (Wildman–Crippen LogP) is 4.12. The average Bonchev–Trinajstić information content (AvgIpc) is 3.61. The summed E-state index contributed by atoms with van der Waals surface area (Å²) < 4.78 is 36.8. The molecule has 3 amide bonds. The number of alkyl halides is 2. The van der Waals surface area contributed by atoms with Crippen LogP contribution in [0.4, 0.5) is 20.2 Å². The summed E-state index contributed by atoms with van der Waals surface area (Å²) in [5.41, 5.74) is 0.417. The Labute approximate surface area is 233 Å². The first kappa shape index (κ1) is 27.8. The van der Waals surface area contributed by atoms with Gasteiger partial charge in [0.15, 0.2) is 5.75 Å². The van der Waals surface area contributed by atoms with Crippen LogP contribution in [-0.2, 0) is 14.3 Å². The molecule has 1 atom stereocenters. The van der Waals surface area contributed by atoms with E-state index in [1.807, 2.05) is 0 Å². The highest BCUT2D eigenvalue weighted by Crippen LogP contribution is 2.38. The minimum absolute atomic E-state index is 0.0773. The van der Waals surface area contributed by atoms with Gasteiger partial charge in [-0.25, -0.2) is 0 Å². The first-order valence-corrected chi connectivity index (χ1v) is 14.1. The summed E-state index contributed by atoms with van der Waals surface area (Å²) in [6.45, 7) is -2.74. The molecular weight excluding hydrogens is 554 g/mol. The predicted molar refractivity (Wildman–Crippen MR) is 143 cm³/mol. The van der Waals surface area contributed by atoms with Gasteiger partial charge in [0.2, 0.25) is 5.91 Å². The Morgan fingerprint density at radius 1 is 1.18 bits per heavy atom. The fourth-order valence-corrected chi connectivity index (χ4v) is 5.87. The minimum Gasteiger partial charge on any atom is -0.433 e. The molecule has 0 spiro atoms. The fourth-order valence-electron chi connectivity index (χ4n) is 4.91. The molecule has 210 valence electrons. The lowest BCUT2D eigenvalue weighted by molar-refractivity contribution is -0.126. The number of carbonyl (C=O) groups excluding carboxylic acids is 3. The van der Waals surface area contributed by atoms with Crippen molar-refractivity contribution in [3.05, 3.63) is 39.5 Å². The molecule has 2 aliphatic carbocycles. The molecule has 5 rings (SSSR count). The Balaban J connectivity index is 1.36. The fraction of sp³-hybridized carbons (Fsp3) is 0.500. The van der Waals surface area contributed by atoms with Crippen LogP contribution in [0.5, 0.6) is 5.75 Å². The van der Waals surface area contributed by atoms with Crippen molar-refractivity contribution in [1.29, 1.82) is 0 Å². The van der Waals surface area contributed by atoms with Gasteiger partial charge in [-0.15, -0.1) is 11.3 Å². The molecule has 3 aliphatic rings. The van der Waals surface area contributed by atoms with Crippen LogP contribution < -0.4 is 20.3 Å². The lowest BCUT2D eigenvalue weighted by Gasteiger charge is -2.42. The number of nitrogens with zero attached hydrogens (tertiary/aromatic N) is 2. The highest BCUT2D eigenvalue weighted by atomic mass is 35.5. The topological polar surface area (TPSA) is 100 Å².